The molecule has 0 radical (unpaired) electrons. The van der Waals surface area contributed by atoms with Crippen LogP contribution in [0.5, 0.6) is 0 Å². The Morgan fingerprint density at radius 1 is 1.43 bits per heavy atom. The van der Waals surface area contributed by atoms with Gasteiger partial charge >= 0.3 is 0 Å². The van der Waals surface area contributed by atoms with Crippen molar-refractivity contribution in [2.45, 2.75) is 38.6 Å². The van der Waals surface area contributed by atoms with Gasteiger partial charge in [-0.1, -0.05) is 19.8 Å². The number of rotatable bonds is 3. The second-order valence-corrected chi connectivity index (χ2v) is 5.89. The van der Waals surface area contributed by atoms with Gasteiger partial charge in [-0.3, -0.25) is 9.89 Å². The number of nitrogens with one attached hydrogen (secondary N) is 1. The summed E-state index contributed by atoms with van der Waals surface area (Å²) in [5, 5.41) is 7.00. The number of furan rings is 1. The number of carbonyl (C=O) groups excluding carboxylic acids is 1. The van der Waals surface area contributed by atoms with Gasteiger partial charge in [-0.05, 0) is 30.9 Å². The molecule has 5 heteroatoms. The van der Waals surface area contributed by atoms with Crippen LogP contribution in [0.4, 0.5) is 0 Å². The first-order chi connectivity index (χ1) is 10.2. The molecule has 0 spiro atoms. The van der Waals surface area contributed by atoms with Crippen molar-refractivity contribution in [2.75, 3.05) is 7.05 Å². The van der Waals surface area contributed by atoms with Gasteiger partial charge in [-0.15, -0.1) is 0 Å². The third-order valence-corrected chi connectivity index (χ3v) is 4.47. The second kappa shape index (κ2) is 5.76. The van der Waals surface area contributed by atoms with Crippen LogP contribution in [0.1, 0.15) is 43.1 Å². The molecule has 0 saturated heterocycles. The Morgan fingerprint density at radius 2 is 2.24 bits per heavy atom. The number of nitrogens with zero attached hydrogens (tertiary/aromatic N) is 2. The van der Waals surface area contributed by atoms with Crippen LogP contribution in [0.15, 0.2) is 28.9 Å². The van der Waals surface area contributed by atoms with Crippen molar-refractivity contribution in [1.82, 2.24) is 15.1 Å². The number of carbonyl (C=O) groups is 1. The summed E-state index contributed by atoms with van der Waals surface area (Å²) in [6.07, 6.45) is 6.35. The molecule has 1 aliphatic carbocycles. The van der Waals surface area contributed by atoms with Gasteiger partial charge in [0, 0.05) is 19.2 Å². The van der Waals surface area contributed by atoms with Crippen LogP contribution < -0.4 is 0 Å². The summed E-state index contributed by atoms with van der Waals surface area (Å²) >= 11 is 0. The second-order valence-electron chi connectivity index (χ2n) is 5.89. The van der Waals surface area contributed by atoms with Gasteiger partial charge < -0.3 is 9.32 Å². The van der Waals surface area contributed by atoms with E-state index in [0.717, 1.165) is 12.1 Å². The first kappa shape index (κ1) is 13.9. The minimum absolute atomic E-state index is 0.0252. The average molecular weight is 287 g/mol. The number of H-pyrrole nitrogens is 1. The molecule has 1 aliphatic rings. The van der Waals surface area contributed by atoms with Crippen molar-refractivity contribution >= 4 is 5.91 Å². The quantitative estimate of drug-likeness (QED) is 0.942. The Labute approximate surface area is 124 Å². The molecule has 0 bridgehead atoms. The molecule has 0 aliphatic heterocycles. The smallest absolute Gasteiger partial charge is 0.274 e. The van der Waals surface area contributed by atoms with E-state index in [0.29, 0.717) is 23.4 Å². The fourth-order valence-corrected chi connectivity index (χ4v) is 3.19. The first-order valence-electron chi connectivity index (χ1n) is 7.53. The van der Waals surface area contributed by atoms with Crippen LogP contribution in [0.3, 0.4) is 0 Å². The summed E-state index contributed by atoms with van der Waals surface area (Å²) in [6, 6.07) is 5.72. The van der Waals surface area contributed by atoms with E-state index in [9.17, 15) is 4.79 Å². The SMILES string of the molecule is CC1CCCCC1N(C)C(=O)c1cc(-c2ccco2)[nH]n1. The molecule has 3 rings (SSSR count). The van der Waals surface area contributed by atoms with E-state index in [-0.39, 0.29) is 5.91 Å². The van der Waals surface area contributed by atoms with E-state index in [4.69, 9.17) is 4.42 Å². The minimum Gasteiger partial charge on any atom is -0.463 e. The third kappa shape index (κ3) is 2.73. The van der Waals surface area contributed by atoms with Gasteiger partial charge in [-0.25, -0.2) is 0 Å². The highest BCUT2D eigenvalue weighted by molar-refractivity contribution is 5.93. The molecule has 1 fully saturated rings. The lowest BCUT2D eigenvalue weighted by atomic mass is 9.85. The van der Waals surface area contributed by atoms with Crippen LogP contribution in [-0.4, -0.2) is 34.1 Å². The summed E-state index contributed by atoms with van der Waals surface area (Å²) in [5.74, 6) is 1.22. The zero-order valence-corrected chi connectivity index (χ0v) is 12.5. The van der Waals surface area contributed by atoms with Crippen molar-refractivity contribution in [1.29, 1.82) is 0 Å². The van der Waals surface area contributed by atoms with Crippen LogP contribution in [0.2, 0.25) is 0 Å². The third-order valence-electron chi connectivity index (χ3n) is 4.47. The highest BCUT2D eigenvalue weighted by Gasteiger charge is 2.29. The Hall–Kier alpha value is -2.04. The fraction of sp³-hybridized carbons (Fsp3) is 0.500. The summed E-state index contributed by atoms with van der Waals surface area (Å²) in [5.41, 5.74) is 1.18. The molecule has 2 aromatic heterocycles. The van der Waals surface area contributed by atoms with Crippen molar-refractivity contribution in [3.8, 4) is 11.5 Å². The number of hydrogen-bond donors (Lipinski definition) is 1. The molecule has 5 nitrogen and oxygen atoms in total. The van der Waals surface area contributed by atoms with Crippen molar-refractivity contribution in [2.24, 2.45) is 5.92 Å². The van der Waals surface area contributed by atoms with Gasteiger partial charge in [0.15, 0.2) is 11.5 Å². The van der Waals surface area contributed by atoms with E-state index in [1.165, 1.54) is 19.3 Å². The molecule has 1 saturated carbocycles. The van der Waals surface area contributed by atoms with Crippen LogP contribution >= 0.6 is 0 Å². The normalized spacial score (nSPS) is 22.2. The number of aromatic nitrogens is 2. The molecule has 1 amide bonds. The first-order valence-corrected chi connectivity index (χ1v) is 7.53. The lowest BCUT2D eigenvalue weighted by molar-refractivity contribution is 0.0623. The average Bonchev–Trinajstić information content (AvgIpc) is 3.17. The number of amides is 1. The van der Waals surface area contributed by atoms with E-state index in [1.54, 1.807) is 12.3 Å². The predicted octanol–water partition coefficient (Wildman–Crippen LogP) is 3.32. The monoisotopic (exact) mass is 287 g/mol. The lowest BCUT2D eigenvalue weighted by Crippen LogP contribution is -2.42. The van der Waals surface area contributed by atoms with Gasteiger partial charge in [0.05, 0.1) is 6.26 Å². The molecule has 21 heavy (non-hydrogen) atoms. The maximum Gasteiger partial charge on any atom is 0.274 e. The predicted molar refractivity (Wildman–Crippen MR) is 79.8 cm³/mol. The molecular weight excluding hydrogens is 266 g/mol. The van der Waals surface area contributed by atoms with Gasteiger partial charge in [0.25, 0.3) is 5.91 Å². The van der Waals surface area contributed by atoms with Crippen LogP contribution in [-0.2, 0) is 0 Å². The highest BCUT2D eigenvalue weighted by atomic mass is 16.3. The van der Waals surface area contributed by atoms with Crippen molar-refractivity contribution < 1.29 is 9.21 Å². The molecule has 0 aromatic carbocycles. The molecule has 2 atom stereocenters. The zero-order valence-electron chi connectivity index (χ0n) is 12.5. The van der Waals surface area contributed by atoms with Crippen LogP contribution in [0, 0.1) is 5.92 Å². The van der Waals surface area contributed by atoms with Crippen molar-refractivity contribution in [3.05, 3.63) is 30.2 Å². The number of hydrogen-bond acceptors (Lipinski definition) is 3. The van der Waals surface area contributed by atoms with E-state index in [2.05, 4.69) is 17.1 Å². The molecule has 1 N–H and O–H groups in total. The summed E-state index contributed by atoms with van der Waals surface area (Å²) in [4.78, 5) is 14.4. The van der Waals surface area contributed by atoms with Crippen molar-refractivity contribution in [3.63, 3.8) is 0 Å². The van der Waals surface area contributed by atoms with Crippen LogP contribution in [0.25, 0.3) is 11.5 Å². The largest absolute Gasteiger partial charge is 0.463 e. The Bertz CT molecular complexity index is 603. The van der Waals surface area contributed by atoms with Gasteiger partial charge in [0.1, 0.15) is 5.69 Å². The highest BCUT2D eigenvalue weighted by Crippen LogP contribution is 2.28. The summed E-state index contributed by atoms with van der Waals surface area (Å²) < 4.78 is 5.31. The summed E-state index contributed by atoms with van der Waals surface area (Å²) in [7, 11) is 1.88. The Kier molecular flexibility index (Phi) is 3.82. The van der Waals surface area contributed by atoms with Gasteiger partial charge in [0.2, 0.25) is 0 Å². The topological polar surface area (TPSA) is 62.1 Å². The zero-order chi connectivity index (χ0) is 14.8. The van der Waals surface area contributed by atoms with Gasteiger partial charge in [-0.2, -0.15) is 5.10 Å². The summed E-state index contributed by atoms with van der Waals surface area (Å²) in [6.45, 7) is 2.23. The molecule has 2 heterocycles. The van der Waals surface area contributed by atoms with E-state index >= 15 is 0 Å². The molecule has 2 unspecified atom stereocenters. The Morgan fingerprint density at radius 3 is 2.95 bits per heavy atom. The lowest BCUT2D eigenvalue weighted by Gasteiger charge is -2.35. The minimum atomic E-state index is -0.0252. The number of aromatic amines is 1. The molecular formula is C16H21N3O2. The maximum absolute atomic E-state index is 12.6. The standard InChI is InChI=1S/C16H21N3O2/c1-11-6-3-4-7-14(11)19(2)16(20)13-10-12(17-18-13)15-8-5-9-21-15/h5,8-11,14H,3-4,6-7H2,1-2H3,(H,17,18). The van der Waals surface area contributed by atoms with E-state index < -0.39 is 0 Å². The Balaban J connectivity index is 1.75. The van der Waals surface area contributed by atoms with E-state index in [1.807, 2.05) is 24.1 Å². The fourth-order valence-electron chi connectivity index (χ4n) is 3.19. The maximum atomic E-state index is 12.6. The molecule has 2 aromatic rings. The molecule has 112 valence electrons.